The number of thiophene rings is 1. The Morgan fingerprint density at radius 1 is 1.19 bits per heavy atom. The van der Waals surface area contributed by atoms with E-state index >= 15 is 0 Å². The second-order valence-electron chi connectivity index (χ2n) is 5.09. The van der Waals surface area contributed by atoms with Gasteiger partial charge in [0, 0.05) is 23.2 Å². The van der Waals surface area contributed by atoms with Crippen molar-refractivity contribution in [3.8, 4) is 5.69 Å². The predicted octanol–water partition coefficient (Wildman–Crippen LogP) is 4.09. The van der Waals surface area contributed by atoms with Gasteiger partial charge < -0.3 is 5.32 Å². The summed E-state index contributed by atoms with van der Waals surface area (Å²) in [4.78, 5) is 5.82. The van der Waals surface area contributed by atoms with Crippen molar-refractivity contribution >= 4 is 11.3 Å². The van der Waals surface area contributed by atoms with Crippen molar-refractivity contribution in [3.05, 3.63) is 70.4 Å². The molecule has 1 unspecified atom stereocenters. The van der Waals surface area contributed by atoms with Gasteiger partial charge in [0.15, 0.2) is 0 Å². The van der Waals surface area contributed by atoms with Gasteiger partial charge in [-0.15, -0.1) is 11.3 Å². The Kier molecular flexibility index (Phi) is 4.18. The number of rotatable bonds is 5. The second kappa shape index (κ2) is 6.24. The molecule has 1 aromatic carbocycles. The molecule has 108 valence electrons. The quantitative estimate of drug-likeness (QED) is 0.768. The minimum Gasteiger partial charge on any atom is -0.304 e. The summed E-state index contributed by atoms with van der Waals surface area (Å²) in [6.07, 6.45) is 1.95. The zero-order valence-electron chi connectivity index (χ0n) is 12.3. The Hall–Kier alpha value is -1.91. The Bertz CT molecular complexity index is 686. The SMILES string of the molecule is Cc1ncc(CNC(C)c2cccs2)n1-c1ccccc1. The van der Waals surface area contributed by atoms with E-state index < -0.39 is 0 Å². The van der Waals surface area contributed by atoms with Gasteiger partial charge in [-0.25, -0.2) is 4.98 Å². The minimum atomic E-state index is 0.351. The van der Waals surface area contributed by atoms with E-state index in [0.717, 1.165) is 18.1 Å². The van der Waals surface area contributed by atoms with Crippen LogP contribution < -0.4 is 5.32 Å². The molecule has 2 heterocycles. The van der Waals surface area contributed by atoms with E-state index in [-0.39, 0.29) is 0 Å². The van der Waals surface area contributed by atoms with Gasteiger partial charge in [-0.1, -0.05) is 24.3 Å². The van der Waals surface area contributed by atoms with Gasteiger partial charge >= 0.3 is 0 Å². The molecule has 0 aliphatic heterocycles. The molecule has 0 fully saturated rings. The van der Waals surface area contributed by atoms with E-state index in [1.807, 2.05) is 19.2 Å². The first-order valence-corrected chi connectivity index (χ1v) is 7.99. The van der Waals surface area contributed by atoms with E-state index in [1.54, 1.807) is 11.3 Å². The molecule has 0 spiro atoms. The summed E-state index contributed by atoms with van der Waals surface area (Å²) in [5, 5.41) is 5.69. The lowest BCUT2D eigenvalue weighted by Gasteiger charge is -2.14. The van der Waals surface area contributed by atoms with Gasteiger partial charge in [-0.3, -0.25) is 4.57 Å². The van der Waals surface area contributed by atoms with E-state index in [9.17, 15) is 0 Å². The molecule has 0 saturated carbocycles. The van der Waals surface area contributed by atoms with E-state index in [2.05, 4.69) is 63.6 Å². The van der Waals surface area contributed by atoms with Crippen LogP contribution in [0.3, 0.4) is 0 Å². The first kappa shape index (κ1) is 14.0. The van der Waals surface area contributed by atoms with E-state index in [4.69, 9.17) is 0 Å². The molecule has 21 heavy (non-hydrogen) atoms. The van der Waals surface area contributed by atoms with Gasteiger partial charge in [0.2, 0.25) is 0 Å². The third-order valence-corrected chi connectivity index (χ3v) is 4.64. The fraction of sp³-hybridized carbons (Fsp3) is 0.235. The normalized spacial score (nSPS) is 12.5. The number of imidazole rings is 1. The molecule has 3 aromatic rings. The molecular weight excluding hydrogens is 278 g/mol. The first-order chi connectivity index (χ1) is 10.3. The zero-order valence-corrected chi connectivity index (χ0v) is 13.1. The van der Waals surface area contributed by atoms with Crippen molar-refractivity contribution in [1.29, 1.82) is 0 Å². The fourth-order valence-electron chi connectivity index (χ4n) is 2.44. The first-order valence-electron chi connectivity index (χ1n) is 7.11. The standard InChI is InChI=1S/C17H19N3S/c1-13(17-9-6-10-21-17)18-11-16-12-19-14(2)20(16)15-7-4-3-5-8-15/h3-10,12-13,18H,11H2,1-2H3. The zero-order chi connectivity index (χ0) is 14.7. The number of hydrogen-bond acceptors (Lipinski definition) is 3. The molecule has 0 bridgehead atoms. The summed E-state index contributed by atoms with van der Waals surface area (Å²) in [6.45, 7) is 5.04. The summed E-state index contributed by atoms with van der Waals surface area (Å²) in [6, 6.07) is 15.0. The van der Waals surface area contributed by atoms with Crippen LogP contribution >= 0.6 is 11.3 Å². The molecule has 0 amide bonds. The average Bonchev–Trinajstić information content (AvgIpc) is 3.15. The molecule has 0 radical (unpaired) electrons. The highest BCUT2D eigenvalue weighted by Gasteiger charge is 2.11. The summed E-state index contributed by atoms with van der Waals surface area (Å²) in [5.74, 6) is 1.02. The number of nitrogens with zero attached hydrogens (tertiary/aromatic N) is 2. The summed E-state index contributed by atoms with van der Waals surface area (Å²) in [7, 11) is 0. The van der Waals surface area contributed by atoms with Gasteiger partial charge in [-0.2, -0.15) is 0 Å². The molecule has 3 rings (SSSR count). The van der Waals surface area contributed by atoms with E-state index in [0.29, 0.717) is 6.04 Å². The van der Waals surface area contributed by atoms with Crippen LogP contribution in [0.5, 0.6) is 0 Å². The maximum Gasteiger partial charge on any atom is 0.110 e. The summed E-state index contributed by atoms with van der Waals surface area (Å²) in [5.41, 5.74) is 2.34. The molecule has 3 nitrogen and oxygen atoms in total. The lowest BCUT2D eigenvalue weighted by Crippen LogP contribution is -2.19. The Morgan fingerprint density at radius 2 is 2.00 bits per heavy atom. The molecular formula is C17H19N3S. The summed E-state index contributed by atoms with van der Waals surface area (Å²) < 4.78 is 2.20. The second-order valence-corrected chi connectivity index (χ2v) is 6.06. The number of benzene rings is 1. The molecule has 1 atom stereocenters. The Labute approximate surface area is 129 Å². The van der Waals surface area contributed by atoms with Crippen LogP contribution in [0.25, 0.3) is 5.69 Å². The highest BCUT2D eigenvalue weighted by Crippen LogP contribution is 2.20. The fourth-order valence-corrected chi connectivity index (χ4v) is 3.20. The highest BCUT2D eigenvalue weighted by molar-refractivity contribution is 7.10. The highest BCUT2D eigenvalue weighted by atomic mass is 32.1. The maximum absolute atomic E-state index is 4.46. The van der Waals surface area contributed by atoms with Crippen molar-refractivity contribution in [2.75, 3.05) is 0 Å². The lowest BCUT2D eigenvalue weighted by molar-refractivity contribution is 0.570. The van der Waals surface area contributed by atoms with Crippen molar-refractivity contribution in [1.82, 2.24) is 14.9 Å². The van der Waals surface area contributed by atoms with Crippen molar-refractivity contribution < 1.29 is 0 Å². The number of aromatic nitrogens is 2. The van der Waals surface area contributed by atoms with Crippen molar-refractivity contribution in [2.45, 2.75) is 26.4 Å². The minimum absolute atomic E-state index is 0.351. The third-order valence-electron chi connectivity index (χ3n) is 3.58. The lowest BCUT2D eigenvalue weighted by atomic mass is 10.2. The molecule has 2 aromatic heterocycles. The molecule has 4 heteroatoms. The third kappa shape index (κ3) is 3.06. The van der Waals surface area contributed by atoms with Crippen LogP contribution in [-0.2, 0) is 6.54 Å². The Balaban J connectivity index is 1.78. The molecule has 0 aliphatic carbocycles. The van der Waals surface area contributed by atoms with Crippen LogP contribution in [0.2, 0.25) is 0 Å². The van der Waals surface area contributed by atoms with Crippen molar-refractivity contribution in [3.63, 3.8) is 0 Å². The van der Waals surface area contributed by atoms with Crippen LogP contribution in [0.1, 0.15) is 29.4 Å². The van der Waals surface area contributed by atoms with Crippen LogP contribution in [0.4, 0.5) is 0 Å². The van der Waals surface area contributed by atoms with Gasteiger partial charge in [-0.05, 0) is 37.4 Å². The van der Waals surface area contributed by atoms with E-state index in [1.165, 1.54) is 10.6 Å². The van der Waals surface area contributed by atoms with Gasteiger partial charge in [0.05, 0.1) is 11.9 Å². The summed E-state index contributed by atoms with van der Waals surface area (Å²) >= 11 is 1.79. The number of nitrogens with one attached hydrogen (secondary N) is 1. The smallest absolute Gasteiger partial charge is 0.110 e. The number of aryl methyl sites for hydroxylation is 1. The van der Waals surface area contributed by atoms with Crippen molar-refractivity contribution in [2.24, 2.45) is 0 Å². The van der Waals surface area contributed by atoms with Gasteiger partial charge in [0.25, 0.3) is 0 Å². The van der Waals surface area contributed by atoms with Crippen LogP contribution in [0, 0.1) is 6.92 Å². The largest absolute Gasteiger partial charge is 0.304 e. The van der Waals surface area contributed by atoms with Crippen LogP contribution in [-0.4, -0.2) is 9.55 Å². The molecule has 0 aliphatic rings. The Morgan fingerprint density at radius 3 is 2.71 bits per heavy atom. The average molecular weight is 297 g/mol. The topological polar surface area (TPSA) is 29.9 Å². The monoisotopic (exact) mass is 297 g/mol. The number of hydrogen-bond donors (Lipinski definition) is 1. The number of para-hydroxylation sites is 1. The van der Waals surface area contributed by atoms with Crippen LogP contribution in [0.15, 0.2) is 54.0 Å². The molecule has 1 N–H and O–H groups in total. The van der Waals surface area contributed by atoms with Gasteiger partial charge in [0.1, 0.15) is 5.82 Å². The maximum atomic E-state index is 4.46. The molecule has 0 saturated heterocycles. The predicted molar refractivity (Wildman–Crippen MR) is 87.9 cm³/mol.